The highest BCUT2D eigenvalue weighted by Gasteiger charge is 2.39. The van der Waals surface area contributed by atoms with Crippen LogP contribution in [0.2, 0.25) is 0 Å². The average Bonchev–Trinajstić information content (AvgIpc) is 3.11. The van der Waals surface area contributed by atoms with E-state index in [-0.39, 0.29) is 65.9 Å². The average molecular weight is 498 g/mol. The van der Waals surface area contributed by atoms with Crippen LogP contribution in [0.4, 0.5) is 0 Å². The largest absolute Gasteiger partial charge is 0.465 e. The SMILES string of the molecule is COC(=O)c1c(C)oc(C)c1S(=O)(=O)N1CCN(C(=O)C2CCCN(C(=O)C(C)(C)C)C2)CC1. The van der Waals surface area contributed by atoms with Gasteiger partial charge in [-0.05, 0) is 26.7 Å². The fraction of sp³-hybridized carbons (Fsp3) is 0.696. The maximum atomic E-state index is 13.4. The number of furan rings is 1. The van der Waals surface area contributed by atoms with Crippen molar-refractivity contribution in [2.24, 2.45) is 11.3 Å². The van der Waals surface area contributed by atoms with Crippen LogP contribution in [0.5, 0.6) is 0 Å². The number of hydrogen-bond donors (Lipinski definition) is 0. The van der Waals surface area contributed by atoms with Gasteiger partial charge in [-0.2, -0.15) is 4.31 Å². The van der Waals surface area contributed by atoms with Crippen LogP contribution in [-0.2, 0) is 24.3 Å². The van der Waals surface area contributed by atoms with Crippen molar-refractivity contribution in [1.29, 1.82) is 0 Å². The second-order valence-corrected chi connectivity index (χ2v) is 11.9. The molecule has 1 atom stereocenters. The van der Waals surface area contributed by atoms with Crippen molar-refractivity contribution in [2.45, 2.75) is 52.4 Å². The first-order chi connectivity index (χ1) is 15.8. The van der Waals surface area contributed by atoms with Crippen LogP contribution in [0.1, 0.15) is 55.5 Å². The number of carbonyl (C=O) groups is 3. The zero-order chi connectivity index (χ0) is 25.4. The monoisotopic (exact) mass is 497 g/mol. The van der Waals surface area contributed by atoms with Crippen LogP contribution in [-0.4, -0.2) is 86.7 Å². The third-order valence-electron chi connectivity index (χ3n) is 6.44. The molecule has 1 unspecified atom stereocenters. The van der Waals surface area contributed by atoms with E-state index in [0.717, 1.165) is 6.42 Å². The van der Waals surface area contributed by atoms with Gasteiger partial charge < -0.3 is 19.0 Å². The van der Waals surface area contributed by atoms with E-state index in [2.05, 4.69) is 0 Å². The fourth-order valence-electron chi connectivity index (χ4n) is 4.69. The van der Waals surface area contributed by atoms with Gasteiger partial charge in [0.2, 0.25) is 21.8 Å². The summed E-state index contributed by atoms with van der Waals surface area (Å²) in [6.45, 7) is 10.4. The summed E-state index contributed by atoms with van der Waals surface area (Å²) in [6, 6.07) is 0. The number of likely N-dealkylation sites (tertiary alicyclic amines) is 1. The zero-order valence-corrected chi connectivity index (χ0v) is 21.7. The summed E-state index contributed by atoms with van der Waals surface area (Å²) in [5.41, 5.74) is -0.596. The van der Waals surface area contributed by atoms with Gasteiger partial charge in [-0.15, -0.1) is 0 Å². The molecule has 3 rings (SSSR count). The summed E-state index contributed by atoms with van der Waals surface area (Å²) in [5.74, 6) is -0.756. The summed E-state index contributed by atoms with van der Waals surface area (Å²) < 4.78 is 38.2. The lowest BCUT2D eigenvalue weighted by atomic mass is 9.90. The number of rotatable bonds is 4. The first-order valence-electron chi connectivity index (χ1n) is 11.6. The fourth-order valence-corrected chi connectivity index (χ4v) is 6.48. The summed E-state index contributed by atoms with van der Waals surface area (Å²) in [7, 11) is -2.83. The number of esters is 1. The molecular formula is C23H35N3O7S. The highest BCUT2D eigenvalue weighted by molar-refractivity contribution is 7.89. The first-order valence-corrected chi connectivity index (χ1v) is 13.0. The Morgan fingerprint density at radius 2 is 1.59 bits per heavy atom. The van der Waals surface area contributed by atoms with E-state index in [9.17, 15) is 22.8 Å². The number of methoxy groups -OCH3 is 1. The molecule has 34 heavy (non-hydrogen) atoms. The molecule has 2 aliphatic heterocycles. The predicted molar refractivity (Wildman–Crippen MR) is 124 cm³/mol. The third-order valence-corrected chi connectivity index (χ3v) is 8.49. The smallest absolute Gasteiger partial charge is 0.342 e. The third kappa shape index (κ3) is 5.00. The van der Waals surface area contributed by atoms with Crippen molar-refractivity contribution >= 4 is 27.8 Å². The Balaban J connectivity index is 1.69. The topological polar surface area (TPSA) is 117 Å². The Bertz CT molecular complexity index is 1060. The maximum Gasteiger partial charge on any atom is 0.342 e. The van der Waals surface area contributed by atoms with Crippen LogP contribution in [0.3, 0.4) is 0 Å². The molecule has 0 bridgehead atoms. The molecule has 1 aromatic rings. The number of carbonyl (C=O) groups excluding carboxylic acids is 3. The van der Waals surface area contributed by atoms with Crippen molar-refractivity contribution in [3.63, 3.8) is 0 Å². The number of ether oxygens (including phenoxy) is 1. The van der Waals surface area contributed by atoms with Crippen LogP contribution >= 0.6 is 0 Å². The summed E-state index contributed by atoms with van der Waals surface area (Å²) in [6.07, 6.45) is 1.48. The van der Waals surface area contributed by atoms with Crippen molar-refractivity contribution in [3.8, 4) is 0 Å². The van der Waals surface area contributed by atoms with Crippen molar-refractivity contribution in [1.82, 2.24) is 14.1 Å². The van der Waals surface area contributed by atoms with Crippen molar-refractivity contribution in [2.75, 3.05) is 46.4 Å². The minimum atomic E-state index is -4.02. The van der Waals surface area contributed by atoms with Gasteiger partial charge in [0.05, 0.1) is 13.0 Å². The molecule has 0 aromatic carbocycles. The Labute approximate surface area is 201 Å². The van der Waals surface area contributed by atoms with Crippen molar-refractivity contribution in [3.05, 3.63) is 17.1 Å². The van der Waals surface area contributed by atoms with Crippen LogP contribution in [0.15, 0.2) is 9.31 Å². The maximum absolute atomic E-state index is 13.4. The Hall–Kier alpha value is -2.40. The Kier molecular flexibility index (Phi) is 7.47. The molecule has 10 nitrogen and oxygen atoms in total. The molecule has 0 radical (unpaired) electrons. The van der Waals surface area contributed by atoms with Gasteiger partial charge in [0, 0.05) is 44.7 Å². The predicted octanol–water partition coefficient (Wildman–Crippen LogP) is 1.80. The van der Waals surface area contributed by atoms with Gasteiger partial charge in [-0.25, -0.2) is 13.2 Å². The van der Waals surface area contributed by atoms with E-state index in [1.807, 2.05) is 20.8 Å². The summed E-state index contributed by atoms with van der Waals surface area (Å²) in [4.78, 5) is 41.3. The van der Waals surface area contributed by atoms with Crippen LogP contribution < -0.4 is 0 Å². The number of sulfonamides is 1. The quantitative estimate of drug-likeness (QED) is 0.582. The molecule has 2 amide bonds. The van der Waals surface area contributed by atoms with E-state index >= 15 is 0 Å². The first kappa shape index (κ1) is 26.2. The molecular weight excluding hydrogens is 462 g/mol. The second-order valence-electron chi connectivity index (χ2n) is 9.98. The lowest BCUT2D eigenvalue weighted by Gasteiger charge is -2.39. The molecule has 3 heterocycles. The molecule has 2 fully saturated rings. The van der Waals surface area contributed by atoms with Gasteiger partial charge in [0.15, 0.2) is 0 Å². The van der Waals surface area contributed by atoms with Crippen LogP contribution in [0.25, 0.3) is 0 Å². The molecule has 0 N–H and O–H groups in total. The second kappa shape index (κ2) is 9.69. The molecule has 0 spiro atoms. The summed E-state index contributed by atoms with van der Waals surface area (Å²) >= 11 is 0. The van der Waals surface area contributed by atoms with E-state index < -0.39 is 21.4 Å². The minimum Gasteiger partial charge on any atom is -0.465 e. The number of aryl methyl sites for hydroxylation is 2. The molecule has 2 saturated heterocycles. The van der Waals surface area contributed by atoms with Gasteiger partial charge in [0.1, 0.15) is 22.0 Å². The van der Waals surface area contributed by atoms with Gasteiger partial charge in [-0.3, -0.25) is 9.59 Å². The highest BCUT2D eigenvalue weighted by Crippen LogP contribution is 2.31. The lowest BCUT2D eigenvalue weighted by molar-refractivity contribution is -0.145. The van der Waals surface area contributed by atoms with Crippen molar-refractivity contribution < 1.29 is 32.0 Å². The van der Waals surface area contributed by atoms with E-state index in [1.165, 1.54) is 25.3 Å². The van der Waals surface area contributed by atoms with Gasteiger partial charge in [0.25, 0.3) is 0 Å². The number of piperazine rings is 1. The zero-order valence-electron chi connectivity index (χ0n) is 20.8. The van der Waals surface area contributed by atoms with Gasteiger partial charge >= 0.3 is 5.97 Å². The Morgan fingerprint density at radius 3 is 2.15 bits per heavy atom. The number of amides is 2. The number of nitrogens with zero attached hydrogens (tertiary/aromatic N) is 3. The lowest BCUT2D eigenvalue weighted by Crippen LogP contribution is -2.54. The highest BCUT2D eigenvalue weighted by atomic mass is 32.2. The minimum absolute atomic E-state index is 0.0353. The van der Waals surface area contributed by atoms with E-state index in [0.29, 0.717) is 19.5 Å². The number of piperidine rings is 1. The van der Waals surface area contributed by atoms with E-state index in [1.54, 1.807) is 9.80 Å². The van der Waals surface area contributed by atoms with Gasteiger partial charge in [-0.1, -0.05) is 20.8 Å². The molecule has 0 aliphatic carbocycles. The normalized spacial score (nSPS) is 20.4. The molecule has 0 saturated carbocycles. The van der Waals surface area contributed by atoms with E-state index in [4.69, 9.17) is 9.15 Å². The van der Waals surface area contributed by atoms with Crippen LogP contribution in [0, 0.1) is 25.2 Å². The molecule has 190 valence electrons. The molecule has 2 aliphatic rings. The summed E-state index contributed by atoms with van der Waals surface area (Å²) in [5, 5.41) is 0. The standard InChI is InChI=1S/C23H35N3O7S/c1-15-18(21(28)32-6)19(16(2)33-15)34(30,31)26-12-10-24(11-13-26)20(27)17-8-7-9-25(14-17)22(29)23(3,4)5/h17H,7-14H2,1-6H3. The Morgan fingerprint density at radius 1 is 0.971 bits per heavy atom. The molecule has 11 heteroatoms. The number of hydrogen-bond acceptors (Lipinski definition) is 7. The molecule has 1 aromatic heterocycles.